The van der Waals surface area contributed by atoms with Gasteiger partial charge in [-0.15, -0.1) is 0 Å². The fourth-order valence-corrected chi connectivity index (χ4v) is 5.75. The standard InChI is InChI=1S/C26H40N8O4S/c1-4-5-20(8-12-35)30-25-24-21(31-26(27)32-25)16-29-34(24)17-22-23(38-2)14-19(15-28-22)18-6-9-33(10-7-18)11-13-39(3,36)37/h14-16,18,20,35H,4-13,17H2,1-3H3,(H3,27,30,31,32)/t20-/m0/s1. The van der Waals surface area contributed by atoms with Crippen molar-refractivity contribution >= 4 is 32.6 Å². The van der Waals surface area contributed by atoms with Gasteiger partial charge in [0.15, 0.2) is 5.82 Å². The molecule has 1 atom stereocenters. The molecule has 0 bridgehead atoms. The van der Waals surface area contributed by atoms with E-state index in [4.69, 9.17) is 15.5 Å². The minimum absolute atomic E-state index is 0.0468. The van der Waals surface area contributed by atoms with Gasteiger partial charge in [0.05, 0.1) is 25.6 Å². The Morgan fingerprint density at radius 3 is 2.67 bits per heavy atom. The second-order valence-electron chi connectivity index (χ2n) is 10.3. The van der Waals surface area contributed by atoms with E-state index in [1.807, 2.05) is 6.20 Å². The monoisotopic (exact) mass is 560 g/mol. The first kappa shape index (κ1) is 29.0. The van der Waals surface area contributed by atoms with Crippen LogP contribution in [0.4, 0.5) is 11.8 Å². The zero-order valence-electron chi connectivity index (χ0n) is 23.0. The van der Waals surface area contributed by atoms with Crippen LogP contribution in [-0.4, -0.2) is 94.6 Å². The van der Waals surface area contributed by atoms with E-state index < -0.39 is 9.84 Å². The summed E-state index contributed by atoms with van der Waals surface area (Å²) < 4.78 is 30.5. The van der Waals surface area contributed by atoms with E-state index in [-0.39, 0.29) is 24.3 Å². The number of nitrogens with one attached hydrogen (secondary N) is 1. The van der Waals surface area contributed by atoms with Gasteiger partial charge in [-0.1, -0.05) is 13.3 Å². The Morgan fingerprint density at radius 1 is 1.23 bits per heavy atom. The van der Waals surface area contributed by atoms with E-state index in [1.54, 1.807) is 18.0 Å². The SMILES string of the molecule is CCC[C@@H](CCO)Nc1nc(N)nc2cnn(Cc3ncc(C4CCN(CCS(C)(=O)=O)CC4)cc3OC)c12. The molecule has 0 aliphatic carbocycles. The van der Waals surface area contributed by atoms with Gasteiger partial charge in [0.2, 0.25) is 5.95 Å². The Balaban J connectivity index is 1.52. The highest BCUT2D eigenvalue weighted by atomic mass is 32.2. The number of aliphatic hydroxyl groups is 1. The van der Waals surface area contributed by atoms with Gasteiger partial charge in [0.1, 0.15) is 32.3 Å². The fourth-order valence-electron chi connectivity index (χ4n) is 5.16. The molecule has 214 valence electrons. The first-order chi connectivity index (χ1) is 18.7. The molecule has 4 rings (SSSR count). The third-order valence-corrected chi connectivity index (χ3v) is 8.19. The van der Waals surface area contributed by atoms with Crippen molar-refractivity contribution in [2.75, 3.05) is 56.4 Å². The molecule has 1 fully saturated rings. The molecule has 0 amide bonds. The highest BCUT2D eigenvalue weighted by Crippen LogP contribution is 2.32. The smallest absolute Gasteiger partial charge is 0.222 e. The molecule has 1 aliphatic rings. The maximum atomic E-state index is 11.5. The number of pyridine rings is 1. The van der Waals surface area contributed by atoms with Crippen molar-refractivity contribution in [2.24, 2.45) is 0 Å². The van der Waals surface area contributed by atoms with Gasteiger partial charge in [-0.2, -0.15) is 10.1 Å². The normalized spacial score (nSPS) is 16.0. The third-order valence-electron chi connectivity index (χ3n) is 7.27. The number of ether oxygens (including phenoxy) is 1. The Labute approximate surface area is 229 Å². The number of nitrogens with two attached hydrogens (primary N) is 1. The topological polar surface area (TPSA) is 161 Å². The summed E-state index contributed by atoms with van der Waals surface area (Å²) in [6, 6.07) is 2.10. The largest absolute Gasteiger partial charge is 0.495 e. The van der Waals surface area contributed by atoms with Crippen molar-refractivity contribution in [3.8, 4) is 5.75 Å². The molecule has 0 saturated carbocycles. The number of hydrogen-bond donors (Lipinski definition) is 3. The van der Waals surface area contributed by atoms with Crippen LogP contribution in [0.2, 0.25) is 0 Å². The molecule has 1 saturated heterocycles. The molecule has 12 nitrogen and oxygen atoms in total. The number of nitrogen functional groups attached to an aromatic ring is 1. The number of anilines is 2. The van der Waals surface area contributed by atoms with Crippen molar-refractivity contribution in [3.63, 3.8) is 0 Å². The van der Waals surface area contributed by atoms with E-state index in [0.717, 1.165) is 55.5 Å². The number of aromatic nitrogens is 5. The van der Waals surface area contributed by atoms with E-state index in [0.29, 0.717) is 42.5 Å². The van der Waals surface area contributed by atoms with Crippen molar-refractivity contribution in [1.82, 2.24) is 29.6 Å². The van der Waals surface area contributed by atoms with E-state index in [2.05, 4.69) is 38.3 Å². The lowest BCUT2D eigenvalue weighted by molar-refractivity contribution is 0.223. The predicted octanol–water partition coefficient (Wildman–Crippen LogP) is 2.05. The van der Waals surface area contributed by atoms with Crippen LogP contribution < -0.4 is 15.8 Å². The lowest BCUT2D eigenvalue weighted by Crippen LogP contribution is -2.36. The number of hydrogen-bond acceptors (Lipinski definition) is 11. The Morgan fingerprint density at radius 2 is 2.00 bits per heavy atom. The van der Waals surface area contributed by atoms with Crippen LogP contribution >= 0.6 is 0 Å². The van der Waals surface area contributed by atoms with Crippen LogP contribution in [0.1, 0.15) is 56.2 Å². The molecule has 3 aromatic rings. The number of likely N-dealkylation sites (tertiary alicyclic amines) is 1. The number of nitrogens with zero attached hydrogens (tertiary/aromatic N) is 6. The first-order valence-corrected chi connectivity index (χ1v) is 15.6. The van der Waals surface area contributed by atoms with E-state index in [9.17, 15) is 13.5 Å². The number of piperidine rings is 1. The zero-order valence-corrected chi connectivity index (χ0v) is 23.8. The third kappa shape index (κ3) is 7.55. The zero-order chi connectivity index (χ0) is 28.0. The number of rotatable bonds is 13. The summed E-state index contributed by atoms with van der Waals surface area (Å²) >= 11 is 0. The van der Waals surface area contributed by atoms with Crippen LogP contribution in [0.15, 0.2) is 18.5 Å². The maximum Gasteiger partial charge on any atom is 0.222 e. The van der Waals surface area contributed by atoms with Gasteiger partial charge in [-0.25, -0.2) is 13.4 Å². The van der Waals surface area contributed by atoms with Gasteiger partial charge >= 0.3 is 0 Å². The van der Waals surface area contributed by atoms with Gasteiger partial charge in [-0.3, -0.25) is 9.67 Å². The number of fused-ring (bicyclic) bond motifs is 1. The second kappa shape index (κ2) is 12.9. The van der Waals surface area contributed by atoms with Gasteiger partial charge in [0, 0.05) is 31.6 Å². The highest BCUT2D eigenvalue weighted by Gasteiger charge is 2.23. The highest BCUT2D eigenvalue weighted by molar-refractivity contribution is 7.90. The summed E-state index contributed by atoms with van der Waals surface area (Å²) in [4.78, 5) is 15.8. The lowest BCUT2D eigenvalue weighted by atomic mass is 9.90. The van der Waals surface area contributed by atoms with Crippen molar-refractivity contribution < 1.29 is 18.3 Å². The molecule has 0 aromatic carbocycles. The molecule has 13 heteroatoms. The molecular weight excluding hydrogens is 520 g/mol. The van der Waals surface area contributed by atoms with Crippen LogP contribution in [0.3, 0.4) is 0 Å². The molecule has 4 heterocycles. The van der Waals surface area contributed by atoms with Gasteiger partial charge in [0.25, 0.3) is 0 Å². The molecule has 0 radical (unpaired) electrons. The average Bonchev–Trinajstić information content (AvgIpc) is 3.30. The summed E-state index contributed by atoms with van der Waals surface area (Å²) in [5.74, 6) is 1.96. The lowest BCUT2D eigenvalue weighted by Gasteiger charge is -2.32. The minimum atomic E-state index is -2.96. The molecule has 39 heavy (non-hydrogen) atoms. The molecule has 4 N–H and O–H groups in total. The van der Waals surface area contributed by atoms with Crippen LogP contribution in [-0.2, 0) is 16.4 Å². The van der Waals surface area contributed by atoms with Gasteiger partial charge < -0.3 is 25.8 Å². The minimum Gasteiger partial charge on any atom is -0.495 e. The van der Waals surface area contributed by atoms with Gasteiger partial charge in [-0.05, 0) is 56.3 Å². The number of methoxy groups -OCH3 is 1. The van der Waals surface area contributed by atoms with Crippen molar-refractivity contribution in [3.05, 3.63) is 29.7 Å². The van der Waals surface area contributed by atoms with Crippen LogP contribution in [0.25, 0.3) is 11.0 Å². The van der Waals surface area contributed by atoms with Crippen molar-refractivity contribution in [1.29, 1.82) is 0 Å². The van der Waals surface area contributed by atoms with E-state index >= 15 is 0 Å². The number of aliphatic hydroxyl groups excluding tert-OH is 1. The van der Waals surface area contributed by atoms with Crippen LogP contribution in [0.5, 0.6) is 5.75 Å². The predicted molar refractivity (Wildman–Crippen MR) is 152 cm³/mol. The summed E-state index contributed by atoms with van der Waals surface area (Å²) in [6.45, 7) is 4.83. The van der Waals surface area contributed by atoms with Crippen molar-refractivity contribution in [2.45, 2.75) is 57.5 Å². The first-order valence-electron chi connectivity index (χ1n) is 13.5. The fraction of sp³-hybridized carbons (Fsp3) is 0.615. The summed E-state index contributed by atoms with van der Waals surface area (Å²) in [5, 5.41) is 17.5. The molecular formula is C26H40N8O4S. The second-order valence-corrected chi connectivity index (χ2v) is 12.5. The molecule has 3 aromatic heterocycles. The quantitative estimate of drug-likeness (QED) is 0.280. The Hall–Kier alpha value is -3.03. The average molecular weight is 561 g/mol. The van der Waals surface area contributed by atoms with E-state index in [1.165, 1.54) is 6.26 Å². The summed E-state index contributed by atoms with van der Waals surface area (Å²) in [5.41, 5.74) is 9.18. The Bertz CT molecular complexity index is 1350. The number of sulfone groups is 1. The summed E-state index contributed by atoms with van der Waals surface area (Å²) in [6.07, 6.45) is 9.19. The maximum absolute atomic E-state index is 11.5. The molecule has 0 unspecified atom stereocenters. The molecule has 0 spiro atoms. The molecule has 1 aliphatic heterocycles. The van der Waals surface area contributed by atoms with Crippen LogP contribution in [0, 0.1) is 0 Å². The summed E-state index contributed by atoms with van der Waals surface area (Å²) in [7, 11) is -1.32. The Kier molecular flexibility index (Phi) is 9.57.